The van der Waals surface area contributed by atoms with Crippen molar-refractivity contribution >= 4 is 39.6 Å². The number of ether oxygens (including phenoxy) is 1. The van der Waals surface area contributed by atoms with Crippen LogP contribution in [0.2, 0.25) is 0 Å². The van der Waals surface area contributed by atoms with Gasteiger partial charge < -0.3 is 15.0 Å². The van der Waals surface area contributed by atoms with Crippen LogP contribution >= 0.6 is 23.6 Å². The van der Waals surface area contributed by atoms with Crippen LogP contribution in [0.3, 0.4) is 0 Å². The van der Waals surface area contributed by atoms with E-state index in [4.69, 9.17) is 17.0 Å². The number of rotatable bonds is 3. The fourth-order valence-electron chi connectivity index (χ4n) is 3.04. The summed E-state index contributed by atoms with van der Waals surface area (Å²) in [6.45, 7) is 4.16. The molecule has 0 radical (unpaired) electrons. The number of thiophene rings is 1. The monoisotopic (exact) mass is 374 g/mol. The number of thiocarbonyl (C=S) groups is 1. The summed E-state index contributed by atoms with van der Waals surface area (Å²) in [4.78, 5) is 15.4. The van der Waals surface area contributed by atoms with Crippen molar-refractivity contribution in [1.29, 1.82) is 0 Å². The van der Waals surface area contributed by atoms with E-state index in [-0.39, 0.29) is 5.97 Å². The van der Waals surface area contributed by atoms with Gasteiger partial charge in [-0.3, -0.25) is 0 Å². The minimum absolute atomic E-state index is 0.351. The summed E-state index contributed by atoms with van der Waals surface area (Å²) in [7, 11) is 1.40. The van der Waals surface area contributed by atoms with Crippen molar-refractivity contribution < 1.29 is 9.53 Å². The molecule has 3 rings (SSSR count). The Kier molecular flexibility index (Phi) is 5.71. The topological polar surface area (TPSA) is 41.6 Å². The fraction of sp³-hybridized carbons (Fsp3) is 0.368. The molecule has 1 atom stereocenters. The largest absolute Gasteiger partial charge is 0.465 e. The molecule has 2 aromatic rings. The third-order valence-corrected chi connectivity index (χ3v) is 5.82. The lowest BCUT2D eigenvalue weighted by Crippen LogP contribution is -2.41. The molecule has 0 bridgehead atoms. The molecule has 1 aliphatic rings. The van der Waals surface area contributed by atoms with E-state index in [1.165, 1.54) is 24.9 Å². The van der Waals surface area contributed by atoms with Gasteiger partial charge >= 0.3 is 5.97 Å². The fourth-order valence-corrected chi connectivity index (χ4v) is 4.42. The van der Waals surface area contributed by atoms with Crippen LogP contribution in [-0.4, -0.2) is 36.2 Å². The summed E-state index contributed by atoms with van der Waals surface area (Å²) in [5, 5.41) is 4.70. The summed E-state index contributed by atoms with van der Waals surface area (Å²) < 4.78 is 4.94. The molecule has 1 saturated heterocycles. The molecule has 1 aromatic carbocycles. The molecule has 0 spiro atoms. The molecule has 132 valence electrons. The number of carbonyl (C=O) groups is 1. The van der Waals surface area contributed by atoms with Crippen molar-refractivity contribution in [3.63, 3.8) is 0 Å². The highest BCUT2D eigenvalue weighted by Gasteiger charge is 2.22. The van der Waals surface area contributed by atoms with E-state index in [1.807, 2.05) is 36.4 Å². The maximum absolute atomic E-state index is 12.2. The first kappa shape index (κ1) is 17.9. The van der Waals surface area contributed by atoms with Crippen LogP contribution in [0.4, 0.5) is 5.00 Å². The van der Waals surface area contributed by atoms with E-state index in [9.17, 15) is 4.79 Å². The highest BCUT2D eigenvalue weighted by atomic mass is 32.1. The molecule has 1 unspecified atom stereocenters. The van der Waals surface area contributed by atoms with Gasteiger partial charge in [0.1, 0.15) is 5.00 Å². The maximum Gasteiger partial charge on any atom is 0.340 e. The standard InChI is InChI=1S/C19H22N2O2S2/c1-13-7-6-10-21(12-13)19(24)20-17-15(18(22)23-2)11-16(25-17)14-8-4-3-5-9-14/h3-5,8-9,11,13H,6-7,10,12H2,1-2H3,(H,20,24). The lowest BCUT2D eigenvalue weighted by molar-refractivity contribution is 0.0602. The molecule has 1 aromatic heterocycles. The second kappa shape index (κ2) is 7.97. The molecule has 1 N–H and O–H groups in total. The number of carbonyl (C=O) groups excluding carboxylic acids is 1. The first-order valence-electron chi connectivity index (χ1n) is 8.42. The van der Waals surface area contributed by atoms with Gasteiger partial charge in [0, 0.05) is 18.0 Å². The predicted octanol–water partition coefficient (Wildman–Crippen LogP) is 4.63. The zero-order chi connectivity index (χ0) is 17.8. The van der Waals surface area contributed by atoms with Crippen LogP contribution in [0.15, 0.2) is 36.4 Å². The molecule has 1 aliphatic heterocycles. The second-order valence-corrected chi connectivity index (χ2v) is 7.77. The first-order valence-corrected chi connectivity index (χ1v) is 9.64. The molecule has 6 heteroatoms. The number of likely N-dealkylation sites (tertiary alicyclic amines) is 1. The van der Waals surface area contributed by atoms with Gasteiger partial charge in [0.25, 0.3) is 0 Å². The highest BCUT2D eigenvalue weighted by Crippen LogP contribution is 2.36. The minimum atomic E-state index is -0.351. The van der Waals surface area contributed by atoms with Crippen molar-refractivity contribution in [2.24, 2.45) is 5.92 Å². The highest BCUT2D eigenvalue weighted by molar-refractivity contribution is 7.80. The number of methoxy groups -OCH3 is 1. The van der Waals surface area contributed by atoms with Crippen molar-refractivity contribution in [3.8, 4) is 10.4 Å². The normalized spacial score (nSPS) is 17.2. The Morgan fingerprint density at radius 1 is 1.36 bits per heavy atom. The summed E-state index contributed by atoms with van der Waals surface area (Å²) in [5.74, 6) is 0.285. The smallest absolute Gasteiger partial charge is 0.340 e. The zero-order valence-corrected chi connectivity index (χ0v) is 16.1. The van der Waals surface area contributed by atoms with Crippen molar-refractivity contribution in [3.05, 3.63) is 42.0 Å². The van der Waals surface area contributed by atoms with Crippen LogP contribution in [-0.2, 0) is 4.74 Å². The van der Waals surface area contributed by atoms with Crippen LogP contribution < -0.4 is 5.32 Å². The SMILES string of the molecule is COC(=O)c1cc(-c2ccccc2)sc1NC(=S)N1CCCC(C)C1. The van der Waals surface area contributed by atoms with Gasteiger partial charge in [-0.05, 0) is 42.6 Å². The van der Waals surface area contributed by atoms with Gasteiger partial charge in [0.2, 0.25) is 0 Å². The Bertz CT molecular complexity index is 758. The zero-order valence-electron chi connectivity index (χ0n) is 14.5. The average molecular weight is 375 g/mol. The van der Waals surface area contributed by atoms with Gasteiger partial charge in [0.05, 0.1) is 12.7 Å². The summed E-state index contributed by atoms with van der Waals surface area (Å²) in [6, 6.07) is 11.9. The Morgan fingerprint density at radius 3 is 2.80 bits per heavy atom. The molecule has 25 heavy (non-hydrogen) atoms. The molecular formula is C19H22N2O2S2. The third-order valence-electron chi connectivity index (χ3n) is 4.36. The Morgan fingerprint density at radius 2 is 2.12 bits per heavy atom. The van der Waals surface area contributed by atoms with E-state index in [0.29, 0.717) is 16.6 Å². The van der Waals surface area contributed by atoms with E-state index in [1.54, 1.807) is 0 Å². The molecule has 2 heterocycles. The van der Waals surface area contributed by atoms with Crippen LogP contribution in [0, 0.1) is 5.92 Å². The quantitative estimate of drug-likeness (QED) is 0.627. The number of esters is 1. The summed E-state index contributed by atoms with van der Waals surface area (Å²) >= 11 is 7.11. The number of hydrogen-bond donors (Lipinski definition) is 1. The van der Waals surface area contributed by atoms with Crippen molar-refractivity contribution in [2.75, 3.05) is 25.5 Å². The van der Waals surface area contributed by atoms with E-state index < -0.39 is 0 Å². The first-order chi connectivity index (χ1) is 12.1. The number of nitrogens with zero attached hydrogens (tertiary/aromatic N) is 1. The summed E-state index contributed by atoms with van der Waals surface area (Å²) in [5.41, 5.74) is 1.60. The van der Waals surface area contributed by atoms with Gasteiger partial charge in [-0.1, -0.05) is 37.3 Å². The summed E-state index contributed by atoms with van der Waals surface area (Å²) in [6.07, 6.45) is 2.39. The minimum Gasteiger partial charge on any atom is -0.465 e. The number of piperidine rings is 1. The van der Waals surface area contributed by atoms with Crippen LogP contribution in [0.1, 0.15) is 30.1 Å². The van der Waals surface area contributed by atoms with Gasteiger partial charge in [-0.15, -0.1) is 11.3 Å². The molecule has 0 aliphatic carbocycles. The predicted molar refractivity (Wildman–Crippen MR) is 107 cm³/mol. The lowest BCUT2D eigenvalue weighted by Gasteiger charge is -2.32. The number of nitrogens with one attached hydrogen (secondary N) is 1. The number of benzene rings is 1. The Balaban J connectivity index is 1.85. The number of anilines is 1. The van der Waals surface area contributed by atoms with Crippen LogP contribution in [0.5, 0.6) is 0 Å². The molecule has 1 fully saturated rings. The lowest BCUT2D eigenvalue weighted by atomic mass is 10.0. The molecule has 4 nitrogen and oxygen atoms in total. The van der Waals surface area contributed by atoms with E-state index in [2.05, 4.69) is 17.1 Å². The Hall–Kier alpha value is -1.92. The van der Waals surface area contributed by atoms with Crippen LogP contribution in [0.25, 0.3) is 10.4 Å². The molecule has 0 saturated carbocycles. The Labute approximate surface area is 157 Å². The third kappa shape index (κ3) is 4.19. The molecular weight excluding hydrogens is 352 g/mol. The average Bonchev–Trinajstić information content (AvgIpc) is 3.05. The van der Waals surface area contributed by atoms with Gasteiger partial charge in [0.15, 0.2) is 5.11 Å². The number of hydrogen-bond acceptors (Lipinski definition) is 4. The maximum atomic E-state index is 12.2. The van der Waals surface area contributed by atoms with Crippen molar-refractivity contribution in [1.82, 2.24) is 4.90 Å². The van der Waals surface area contributed by atoms with Gasteiger partial charge in [-0.25, -0.2) is 4.79 Å². The van der Waals surface area contributed by atoms with Gasteiger partial charge in [-0.2, -0.15) is 0 Å². The second-order valence-electron chi connectivity index (χ2n) is 6.33. The van der Waals surface area contributed by atoms with Crippen molar-refractivity contribution in [2.45, 2.75) is 19.8 Å². The van der Waals surface area contributed by atoms with E-state index in [0.717, 1.165) is 35.0 Å². The molecule has 0 amide bonds. The van der Waals surface area contributed by atoms with E-state index >= 15 is 0 Å².